The Morgan fingerprint density at radius 1 is 1.04 bits per heavy atom. The number of aromatic amines is 1. The molecule has 2 aromatic heterocycles. The fraction of sp³-hybridized carbons (Fsp3) is 0.143. The topological polar surface area (TPSA) is 66.9 Å². The molecule has 0 aliphatic carbocycles. The summed E-state index contributed by atoms with van der Waals surface area (Å²) in [6.07, 6.45) is 4.33. The highest BCUT2D eigenvalue weighted by Gasteiger charge is 2.20. The molecule has 0 spiro atoms. The van der Waals surface area contributed by atoms with E-state index >= 15 is 0 Å². The van der Waals surface area contributed by atoms with Crippen LogP contribution in [-0.4, -0.2) is 27.8 Å². The van der Waals surface area contributed by atoms with Crippen molar-refractivity contribution in [2.45, 2.75) is 6.42 Å². The first-order valence-electron chi connectivity index (χ1n) is 8.57. The molecule has 0 atom stereocenters. The normalized spacial score (nSPS) is 11.1. The van der Waals surface area contributed by atoms with Crippen LogP contribution in [0.2, 0.25) is 0 Å². The van der Waals surface area contributed by atoms with E-state index in [2.05, 4.69) is 10.3 Å². The van der Waals surface area contributed by atoms with E-state index in [4.69, 9.17) is 0 Å². The molecule has 0 saturated heterocycles. The van der Waals surface area contributed by atoms with Gasteiger partial charge in [0.05, 0.1) is 5.56 Å². The summed E-state index contributed by atoms with van der Waals surface area (Å²) in [6, 6.07) is 15.6. The van der Waals surface area contributed by atoms with Crippen LogP contribution in [0.3, 0.4) is 0 Å². The fourth-order valence-corrected chi connectivity index (χ4v) is 3.37. The minimum Gasteiger partial charge on any atom is -0.361 e. The monoisotopic (exact) mass is 345 g/mol. The van der Waals surface area contributed by atoms with Crippen LogP contribution in [0.5, 0.6) is 0 Å². The molecule has 1 amide bonds. The van der Waals surface area contributed by atoms with Crippen LogP contribution in [-0.2, 0) is 18.3 Å². The van der Waals surface area contributed by atoms with E-state index in [1.165, 1.54) is 0 Å². The predicted octanol–water partition coefficient (Wildman–Crippen LogP) is 3.20. The van der Waals surface area contributed by atoms with Crippen molar-refractivity contribution in [2.75, 3.05) is 6.54 Å². The number of rotatable bonds is 5. The highest BCUT2D eigenvalue weighted by molar-refractivity contribution is 6.45. The van der Waals surface area contributed by atoms with Crippen molar-refractivity contribution < 1.29 is 9.59 Å². The summed E-state index contributed by atoms with van der Waals surface area (Å²) < 4.78 is 1.86. The third-order valence-corrected chi connectivity index (χ3v) is 4.70. The van der Waals surface area contributed by atoms with Gasteiger partial charge in [-0.2, -0.15) is 0 Å². The number of carbonyl (C=O) groups is 2. The third-order valence-electron chi connectivity index (χ3n) is 4.70. The molecule has 2 heterocycles. The quantitative estimate of drug-likeness (QED) is 0.431. The second kappa shape index (κ2) is 6.52. The minimum absolute atomic E-state index is 0.414. The Morgan fingerprint density at radius 3 is 2.62 bits per heavy atom. The molecule has 4 aromatic rings. The van der Waals surface area contributed by atoms with Gasteiger partial charge in [-0.25, -0.2) is 0 Å². The van der Waals surface area contributed by atoms with Crippen LogP contribution < -0.4 is 5.32 Å². The molecular formula is C21H19N3O2. The number of nitrogens with one attached hydrogen (secondary N) is 2. The lowest BCUT2D eigenvalue weighted by Crippen LogP contribution is -2.32. The molecule has 0 bridgehead atoms. The van der Waals surface area contributed by atoms with Gasteiger partial charge in [-0.15, -0.1) is 0 Å². The molecule has 130 valence electrons. The van der Waals surface area contributed by atoms with E-state index in [1.807, 2.05) is 66.3 Å². The van der Waals surface area contributed by atoms with Crippen molar-refractivity contribution in [3.05, 3.63) is 72.1 Å². The molecule has 4 rings (SSSR count). The highest BCUT2D eigenvalue weighted by Crippen LogP contribution is 2.21. The van der Waals surface area contributed by atoms with E-state index in [0.29, 0.717) is 18.5 Å². The van der Waals surface area contributed by atoms with Gasteiger partial charge in [-0.3, -0.25) is 9.59 Å². The SMILES string of the molecule is Cn1cc(C(=O)C(=O)NCCc2c[nH]c3ccccc23)c2ccccc21. The zero-order chi connectivity index (χ0) is 18.1. The average Bonchev–Trinajstić information content (AvgIpc) is 3.23. The van der Waals surface area contributed by atoms with Crippen molar-refractivity contribution in [1.29, 1.82) is 0 Å². The Bertz CT molecular complexity index is 1120. The fourth-order valence-electron chi connectivity index (χ4n) is 3.37. The number of hydrogen-bond acceptors (Lipinski definition) is 2. The van der Waals surface area contributed by atoms with Gasteiger partial charge in [-0.1, -0.05) is 36.4 Å². The van der Waals surface area contributed by atoms with E-state index in [-0.39, 0.29) is 0 Å². The van der Waals surface area contributed by atoms with Crippen molar-refractivity contribution in [1.82, 2.24) is 14.9 Å². The number of nitrogens with zero attached hydrogens (tertiary/aromatic N) is 1. The molecule has 5 heteroatoms. The Balaban J connectivity index is 1.45. The smallest absolute Gasteiger partial charge is 0.292 e. The summed E-state index contributed by atoms with van der Waals surface area (Å²) in [4.78, 5) is 28.1. The lowest BCUT2D eigenvalue weighted by molar-refractivity contribution is -0.116. The maximum absolute atomic E-state index is 12.5. The number of benzene rings is 2. The molecule has 5 nitrogen and oxygen atoms in total. The molecule has 0 unspecified atom stereocenters. The molecule has 2 N–H and O–H groups in total. The van der Waals surface area contributed by atoms with Crippen molar-refractivity contribution in [3.8, 4) is 0 Å². The second-order valence-corrected chi connectivity index (χ2v) is 6.37. The van der Waals surface area contributed by atoms with Crippen molar-refractivity contribution in [3.63, 3.8) is 0 Å². The van der Waals surface area contributed by atoms with Gasteiger partial charge in [0, 0.05) is 47.8 Å². The van der Waals surface area contributed by atoms with Crippen molar-refractivity contribution in [2.24, 2.45) is 7.05 Å². The molecular weight excluding hydrogens is 326 g/mol. The van der Waals surface area contributed by atoms with Gasteiger partial charge >= 0.3 is 0 Å². The van der Waals surface area contributed by atoms with Crippen LogP contribution in [0.4, 0.5) is 0 Å². The van der Waals surface area contributed by atoms with Gasteiger partial charge in [0.1, 0.15) is 0 Å². The number of carbonyl (C=O) groups excluding carboxylic acids is 2. The summed E-state index contributed by atoms with van der Waals surface area (Å²) in [6.45, 7) is 0.414. The van der Waals surface area contributed by atoms with E-state index < -0.39 is 11.7 Å². The van der Waals surface area contributed by atoms with Crippen LogP contribution in [0, 0.1) is 0 Å². The first kappa shape index (κ1) is 16.1. The second-order valence-electron chi connectivity index (χ2n) is 6.37. The summed E-state index contributed by atoms with van der Waals surface area (Å²) in [5.41, 5.74) is 3.56. The number of amides is 1. The number of Topliss-reactive ketones (excluding diaryl/α,β-unsaturated/α-hetero) is 1. The lowest BCUT2D eigenvalue weighted by Gasteiger charge is -2.04. The van der Waals surface area contributed by atoms with Gasteiger partial charge < -0.3 is 14.9 Å². The zero-order valence-electron chi connectivity index (χ0n) is 14.5. The van der Waals surface area contributed by atoms with Crippen LogP contribution in [0.1, 0.15) is 15.9 Å². The molecule has 0 radical (unpaired) electrons. The summed E-state index contributed by atoms with van der Waals surface area (Å²) in [5.74, 6) is -1.07. The first-order valence-corrected chi connectivity index (χ1v) is 8.57. The number of aryl methyl sites for hydroxylation is 1. The van der Waals surface area contributed by atoms with Crippen LogP contribution in [0.15, 0.2) is 60.9 Å². The number of fused-ring (bicyclic) bond motifs is 2. The van der Waals surface area contributed by atoms with E-state index in [9.17, 15) is 9.59 Å². The van der Waals surface area contributed by atoms with Gasteiger partial charge in [0.15, 0.2) is 0 Å². The Kier molecular flexibility index (Phi) is 4.05. The van der Waals surface area contributed by atoms with E-state index in [1.54, 1.807) is 6.20 Å². The molecule has 26 heavy (non-hydrogen) atoms. The van der Waals surface area contributed by atoms with E-state index in [0.717, 1.165) is 27.4 Å². The van der Waals surface area contributed by atoms with Crippen LogP contribution in [0.25, 0.3) is 21.8 Å². The number of para-hydroxylation sites is 2. The maximum Gasteiger partial charge on any atom is 0.292 e. The largest absolute Gasteiger partial charge is 0.361 e. The number of ketones is 1. The zero-order valence-corrected chi connectivity index (χ0v) is 14.5. The van der Waals surface area contributed by atoms with Gasteiger partial charge in [0.25, 0.3) is 11.7 Å². The summed E-state index contributed by atoms with van der Waals surface area (Å²) in [5, 5.41) is 4.69. The lowest BCUT2D eigenvalue weighted by atomic mass is 10.1. The molecule has 0 saturated carbocycles. The summed E-state index contributed by atoms with van der Waals surface area (Å²) >= 11 is 0. The van der Waals surface area contributed by atoms with Gasteiger partial charge in [-0.05, 0) is 24.1 Å². The molecule has 0 aliphatic heterocycles. The number of H-pyrrole nitrogens is 1. The Morgan fingerprint density at radius 2 is 1.77 bits per heavy atom. The standard InChI is InChI=1S/C21H19N3O2/c1-24-13-17(16-7-3-5-9-19(16)24)20(25)21(26)22-11-10-14-12-23-18-8-4-2-6-15(14)18/h2-9,12-13,23H,10-11H2,1H3,(H,22,26). The Hall–Kier alpha value is -3.34. The molecule has 0 aliphatic rings. The first-order chi connectivity index (χ1) is 12.6. The molecule has 0 fully saturated rings. The number of hydrogen-bond donors (Lipinski definition) is 2. The third kappa shape index (κ3) is 2.77. The predicted molar refractivity (Wildman–Crippen MR) is 102 cm³/mol. The number of aromatic nitrogens is 2. The van der Waals surface area contributed by atoms with Crippen LogP contribution >= 0.6 is 0 Å². The minimum atomic E-state index is -0.568. The van der Waals surface area contributed by atoms with Crippen molar-refractivity contribution >= 4 is 33.5 Å². The highest BCUT2D eigenvalue weighted by atomic mass is 16.2. The maximum atomic E-state index is 12.5. The van der Waals surface area contributed by atoms with Gasteiger partial charge in [0.2, 0.25) is 0 Å². The average molecular weight is 345 g/mol. The molecule has 2 aromatic carbocycles. The Labute approximate surface area is 150 Å². The summed E-state index contributed by atoms with van der Waals surface area (Å²) in [7, 11) is 1.87.